The Morgan fingerprint density at radius 2 is 2.14 bits per heavy atom. The van der Waals surface area contributed by atoms with E-state index in [0.717, 1.165) is 45.3 Å². The van der Waals surface area contributed by atoms with Crippen LogP contribution in [-0.4, -0.2) is 86.6 Å². The molecule has 1 N–H and O–H groups in total. The Balaban J connectivity index is 1.36. The Labute approximate surface area is 204 Å². The highest BCUT2D eigenvalue weighted by molar-refractivity contribution is 5.89. The van der Waals surface area contributed by atoms with Crippen LogP contribution in [0.4, 0.5) is 14.7 Å². The molecule has 6 rings (SSSR count). The summed E-state index contributed by atoms with van der Waals surface area (Å²) in [7, 11) is -2.83. The van der Waals surface area contributed by atoms with Gasteiger partial charge in [0, 0.05) is 19.1 Å². The second-order valence-corrected chi connectivity index (χ2v) is 8.84. The van der Waals surface area contributed by atoms with E-state index in [1.165, 1.54) is 9.20 Å². The average Bonchev–Trinajstić information content (AvgIpc) is 3.38. The van der Waals surface area contributed by atoms with Crippen molar-refractivity contribution in [2.24, 2.45) is 0 Å². The van der Waals surface area contributed by atoms with Crippen molar-refractivity contribution in [1.82, 2.24) is 34.5 Å². The lowest BCUT2D eigenvalue weighted by Gasteiger charge is -2.41. The van der Waals surface area contributed by atoms with E-state index in [1.54, 1.807) is 18.2 Å². The van der Waals surface area contributed by atoms with Crippen molar-refractivity contribution < 1.29 is 22.4 Å². The molecule has 0 unspecified atom stereocenters. The molecule has 1 aromatic carbocycles. The van der Waals surface area contributed by atoms with E-state index in [-0.39, 0.29) is 35.5 Å². The normalized spacial score (nSPS) is 19.4. The molecular formula is C23H26F2N8O2. The maximum absolute atomic E-state index is 15.4. The number of ether oxygens (including phenoxy) is 2. The fraction of sp³-hybridized carbons (Fsp3) is 0.478. The molecule has 0 bridgehead atoms. The quantitative estimate of drug-likeness (QED) is 0.425. The highest BCUT2D eigenvalue weighted by Crippen LogP contribution is 2.35. The van der Waals surface area contributed by atoms with Gasteiger partial charge in [-0.3, -0.25) is 4.90 Å². The standard InChI is InChI=1S/C23H26F2N8O2/c1-34-22-21-20(14-2-3-18-19(10-14)32(9-6-24)30-28-18)17(25)11-33(21)29-23(27-22)26-15-4-7-31(8-5-15)16-12-35-13-16/h2-3,10-11,15-16H,4-9,12-13H2,1H3,(H,26,29)/i1D3. The summed E-state index contributed by atoms with van der Waals surface area (Å²) >= 11 is 0. The van der Waals surface area contributed by atoms with Gasteiger partial charge in [-0.2, -0.15) is 4.98 Å². The third kappa shape index (κ3) is 3.96. The van der Waals surface area contributed by atoms with Gasteiger partial charge in [0.15, 0.2) is 5.82 Å². The zero-order valence-electron chi connectivity index (χ0n) is 21.8. The molecule has 0 amide bonds. The molecule has 5 heterocycles. The Morgan fingerprint density at radius 1 is 1.29 bits per heavy atom. The second-order valence-electron chi connectivity index (χ2n) is 8.84. The van der Waals surface area contributed by atoms with Crippen molar-refractivity contribution >= 4 is 22.5 Å². The lowest BCUT2D eigenvalue weighted by molar-refractivity contribution is -0.0705. The first kappa shape index (κ1) is 18.9. The van der Waals surface area contributed by atoms with Crippen LogP contribution in [0.2, 0.25) is 0 Å². The van der Waals surface area contributed by atoms with Crippen LogP contribution in [-0.2, 0) is 11.3 Å². The summed E-state index contributed by atoms with van der Waals surface area (Å²) in [5.74, 6) is -0.780. The van der Waals surface area contributed by atoms with Crippen LogP contribution >= 0.6 is 0 Å². The molecule has 0 aliphatic carbocycles. The van der Waals surface area contributed by atoms with Crippen LogP contribution < -0.4 is 10.1 Å². The molecule has 10 nitrogen and oxygen atoms in total. The number of benzene rings is 1. The number of piperidine rings is 1. The van der Waals surface area contributed by atoms with Gasteiger partial charge in [-0.25, -0.2) is 18.0 Å². The van der Waals surface area contributed by atoms with E-state index >= 15 is 4.39 Å². The summed E-state index contributed by atoms with van der Waals surface area (Å²) in [4.78, 5) is 6.75. The molecule has 2 fully saturated rings. The van der Waals surface area contributed by atoms with Crippen LogP contribution in [0.25, 0.3) is 27.7 Å². The number of halogens is 2. The van der Waals surface area contributed by atoms with Crippen molar-refractivity contribution in [3.05, 3.63) is 30.2 Å². The molecule has 12 heteroatoms. The van der Waals surface area contributed by atoms with E-state index in [4.69, 9.17) is 13.6 Å². The summed E-state index contributed by atoms with van der Waals surface area (Å²) in [6.45, 7) is 2.67. The Morgan fingerprint density at radius 3 is 2.89 bits per heavy atom. The van der Waals surface area contributed by atoms with Crippen LogP contribution in [0.1, 0.15) is 17.0 Å². The van der Waals surface area contributed by atoms with Gasteiger partial charge in [0.1, 0.15) is 17.7 Å². The second kappa shape index (κ2) is 9.00. The highest BCUT2D eigenvalue weighted by Gasteiger charge is 2.30. The lowest BCUT2D eigenvalue weighted by Crippen LogP contribution is -2.53. The molecule has 2 saturated heterocycles. The number of anilines is 1. The van der Waals surface area contributed by atoms with Crippen LogP contribution in [0.3, 0.4) is 0 Å². The first-order chi connectivity index (χ1) is 18.3. The van der Waals surface area contributed by atoms with E-state index < -0.39 is 19.5 Å². The van der Waals surface area contributed by atoms with Gasteiger partial charge in [-0.15, -0.1) is 10.2 Å². The minimum absolute atomic E-state index is 0.00213. The Kier molecular flexibility index (Phi) is 4.86. The molecule has 0 saturated carbocycles. The first-order valence-corrected chi connectivity index (χ1v) is 11.5. The predicted octanol–water partition coefficient (Wildman–Crippen LogP) is 2.53. The van der Waals surface area contributed by atoms with Crippen LogP contribution in [0, 0.1) is 5.82 Å². The molecule has 184 valence electrons. The van der Waals surface area contributed by atoms with E-state index in [1.807, 2.05) is 0 Å². The number of fused-ring (bicyclic) bond motifs is 2. The highest BCUT2D eigenvalue weighted by atomic mass is 19.1. The number of aromatic nitrogens is 6. The SMILES string of the molecule is [2H]C([2H])([2H])Oc1nc(NC2CCN(C3COC3)CC2)nn2cc(F)c(-c3ccc4nnn(CCF)c4c3)c12. The summed E-state index contributed by atoms with van der Waals surface area (Å²) in [6.07, 6.45) is 2.85. The van der Waals surface area contributed by atoms with Gasteiger partial charge in [0.05, 0.1) is 54.2 Å². The summed E-state index contributed by atoms with van der Waals surface area (Å²) in [6, 6.07) is 5.42. The molecule has 0 radical (unpaired) electrons. The summed E-state index contributed by atoms with van der Waals surface area (Å²) < 4.78 is 64.5. The van der Waals surface area contributed by atoms with Gasteiger partial charge in [0.2, 0.25) is 11.8 Å². The summed E-state index contributed by atoms with van der Waals surface area (Å²) in [5.41, 5.74) is 1.54. The van der Waals surface area contributed by atoms with Crippen molar-refractivity contribution in [1.29, 1.82) is 0 Å². The molecule has 0 atom stereocenters. The molecule has 2 aliphatic rings. The van der Waals surface area contributed by atoms with Crippen LogP contribution in [0.15, 0.2) is 24.4 Å². The maximum Gasteiger partial charge on any atom is 0.244 e. The molecular weight excluding hydrogens is 458 g/mol. The monoisotopic (exact) mass is 487 g/mol. The number of rotatable bonds is 7. The third-order valence-corrected chi connectivity index (χ3v) is 6.75. The summed E-state index contributed by atoms with van der Waals surface area (Å²) in [5, 5.41) is 15.6. The fourth-order valence-electron chi connectivity index (χ4n) is 4.82. The maximum atomic E-state index is 15.4. The van der Waals surface area contributed by atoms with Crippen molar-refractivity contribution in [2.45, 2.75) is 31.5 Å². The Bertz CT molecular complexity index is 1460. The number of likely N-dealkylation sites (tertiary alicyclic amines) is 1. The fourth-order valence-corrected chi connectivity index (χ4v) is 4.82. The number of aryl methyl sites for hydroxylation is 1. The van der Waals surface area contributed by atoms with E-state index in [0.29, 0.717) is 22.6 Å². The number of methoxy groups -OCH3 is 1. The predicted molar refractivity (Wildman–Crippen MR) is 125 cm³/mol. The van der Waals surface area contributed by atoms with Gasteiger partial charge in [-0.1, -0.05) is 11.3 Å². The largest absolute Gasteiger partial charge is 0.479 e. The van der Waals surface area contributed by atoms with E-state index in [2.05, 4.69) is 30.6 Å². The van der Waals surface area contributed by atoms with Crippen LogP contribution in [0.5, 0.6) is 5.88 Å². The lowest BCUT2D eigenvalue weighted by atomic mass is 10.0. The molecule has 4 aromatic rings. The van der Waals surface area contributed by atoms with Crippen molar-refractivity contribution in [2.75, 3.05) is 45.3 Å². The average molecular weight is 488 g/mol. The zero-order valence-corrected chi connectivity index (χ0v) is 18.8. The van der Waals surface area contributed by atoms with Gasteiger partial charge in [-0.05, 0) is 30.5 Å². The molecule has 35 heavy (non-hydrogen) atoms. The molecule has 3 aromatic heterocycles. The number of hydrogen-bond donors (Lipinski definition) is 1. The van der Waals surface area contributed by atoms with Crippen molar-refractivity contribution in [3.8, 4) is 17.0 Å². The number of alkyl halides is 1. The third-order valence-electron chi connectivity index (χ3n) is 6.75. The molecule has 2 aliphatic heterocycles. The number of nitrogens with one attached hydrogen (secondary N) is 1. The van der Waals surface area contributed by atoms with Gasteiger partial charge in [0.25, 0.3) is 0 Å². The molecule has 0 spiro atoms. The minimum atomic E-state index is -2.83. The van der Waals surface area contributed by atoms with E-state index in [9.17, 15) is 4.39 Å². The number of hydrogen-bond acceptors (Lipinski definition) is 8. The minimum Gasteiger partial charge on any atom is -0.479 e. The first-order valence-electron chi connectivity index (χ1n) is 13.0. The smallest absolute Gasteiger partial charge is 0.244 e. The zero-order chi connectivity index (χ0) is 26.4. The Hall–Kier alpha value is -3.38. The van der Waals surface area contributed by atoms with Gasteiger partial charge >= 0.3 is 0 Å². The number of nitrogens with zero attached hydrogens (tertiary/aromatic N) is 7. The van der Waals surface area contributed by atoms with Crippen molar-refractivity contribution in [3.63, 3.8) is 0 Å². The van der Waals surface area contributed by atoms with Gasteiger partial charge < -0.3 is 14.8 Å². The topological polar surface area (TPSA) is 94.6 Å².